The van der Waals surface area contributed by atoms with Gasteiger partial charge >= 0.3 is 0 Å². The van der Waals surface area contributed by atoms with Crippen LogP contribution in [0.1, 0.15) is 16.7 Å². The molecule has 29 heavy (non-hydrogen) atoms. The molecule has 0 spiro atoms. The number of fused-ring (bicyclic) bond motifs is 1. The van der Waals surface area contributed by atoms with Crippen LogP contribution in [0, 0.1) is 25.5 Å². The first-order chi connectivity index (χ1) is 13.2. The average molecular weight is 440 g/mol. The molecule has 0 aliphatic rings. The van der Waals surface area contributed by atoms with E-state index in [1.807, 2.05) is 51.0 Å². The van der Waals surface area contributed by atoms with Gasteiger partial charge in [0.2, 0.25) is 5.91 Å². The second-order valence-electron chi connectivity index (χ2n) is 7.17. The Morgan fingerprint density at radius 3 is 2.45 bits per heavy atom. The Morgan fingerprint density at radius 1 is 1.07 bits per heavy atom. The number of carbonyl (C=O) groups is 1. The first-order valence-electron chi connectivity index (χ1n) is 9.01. The molecule has 4 nitrogen and oxygen atoms in total. The van der Waals surface area contributed by atoms with Gasteiger partial charge in [0.25, 0.3) is 0 Å². The van der Waals surface area contributed by atoms with Crippen molar-refractivity contribution in [2.75, 3.05) is 32.1 Å². The summed E-state index contributed by atoms with van der Waals surface area (Å²) < 4.78 is 28.0. The standard InChI is InChI=1S/C21H23F2N3OS.ClH/c1-13-5-6-15(9-14(13)2)10-19(27)26(8-7-25(3)4)21-24-20-17(23)11-16(22)12-18(20)28-21;/h5-6,9,11-12H,7-8,10H2,1-4H3;1H. The van der Waals surface area contributed by atoms with Crippen LogP contribution in [-0.2, 0) is 11.2 Å². The van der Waals surface area contributed by atoms with E-state index in [0.29, 0.717) is 22.9 Å². The van der Waals surface area contributed by atoms with Gasteiger partial charge in [-0.2, -0.15) is 0 Å². The maximum absolute atomic E-state index is 14.1. The largest absolute Gasteiger partial charge is 0.308 e. The molecule has 0 atom stereocenters. The molecule has 0 N–H and O–H groups in total. The Hall–Kier alpha value is -2.09. The van der Waals surface area contributed by atoms with E-state index in [1.54, 1.807) is 4.90 Å². The highest BCUT2D eigenvalue weighted by molar-refractivity contribution is 7.22. The van der Waals surface area contributed by atoms with Crippen molar-refractivity contribution >= 4 is 45.0 Å². The smallest absolute Gasteiger partial charge is 0.233 e. The van der Waals surface area contributed by atoms with Gasteiger partial charge in [0.15, 0.2) is 10.9 Å². The molecule has 0 fully saturated rings. The van der Waals surface area contributed by atoms with E-state index in [4.69, 9.17) is 0 Å². The number of thiazole rings is 1. The number of halogens is 3. The van der Waals surface area contributed by atoms with E-state index in [9.17, 15) is 13.6 Å². The van der Waals surface area contributed by atoms with Crippen LogP contribution in [0.5, 0.6) is 0 Å². The molecule has 3 aromatic rings. The monoisotopic (exact) mass is 439 g/mol. The molecule has 0 unspecified atom stereocenters. The molecule has 0 aliphatic heterocycles. The predicted octanol–water partition coefficient (Wildman–Crippen LogP) is 4.75. The molecule has 3 rings (SSSR count). The van der Waals surface area contributed by atoms with Crippen LogP contribution >= 0.6 is 23.7 Å². The molecule has 8 heteroatoms. The Balaban J connectivity index is 0.00000300. The molecular formula is C21H24ClF2N3OS. The highest BCUT2D eigenvalue weighted by Gasteiger charge is 2.21. The van der Waals surface area contributed by atoms with Gasteiger partial charge in [0.05, 0.1) is 11.1 Å². The van der Waals surface area contributed by atoms with Gasteiger partial charge in [-0.1, -0.05) is 29.5 Å². The highest BCUT2D eigenvalue weighted by atomic mass is 35.5. The molecular weight excluding hydrogens is 416 g/mol. The van der Waals surface area contributed by atoms with Crippen LogP contribution < -0.4 is 4.90 Å². The normalized spacial score (nSPS) is 11.0. The lowest BCUT2D eigenvalue weighted by Crippen LogP contribution is -2.37. The topological polar surface area (TPSA) is 36.4 Å². The number of aryl methyl sites for hydroxylation is 2. The number of hydrogen-bond donors (Lipinski definition) is 0. The zero-order valence-electron chi connectivity index (χ0n) is 16.8. The minimum absolute atomic E-state index is 0. The summed E-state index contributed by atoms with van der Waals surface area (Å²) in [6, 6.07) is 8.00. The summed E-state index contributed by atoms with van der Waals surface area (Å²) in [5.41, 5.74) is 3.31. The van der Waals surface area contributed by atoms with Gasteiger partial charge in [-0.15, -0.1) is 12.4 Å². The first kappa shape index (κ1) is 23.2. The van der Waals surface area contributed by atoms with Gasteiger partial charge < -0.3 is 4.90 Å². The number of rotatable bonds is 6. The maximum Gasteiger partial charge on any atom is 0.233 e. The lowest BCUT2D eigenvalue weighted by atomic mass is 10.0. The van der Waals surface area contributed by atoms with Gasteiger partial charge in [0, 0.05) is 19.2 Å². The molecule has 1 amide bonds. The Kier molecular flexibility index (Phi) is 7.68. The van der Waals surface area contributed by atoms with E-state index >= 15 is 0 Å². The molecule has 2 aromatic carbocycles. The molecule has 0 bridgehead atoms. The van der Waals surface area contributed by atoms with Crippen molar-refractivity contribution in [3.63, 3.8) is 0 Å². The third-order valence-electron chi connectivity index (χ3n) is 4.63. The van der Waals surface area contributed by atoms with Crippen LogP contribution in [0.4, 0.5) is 13.9 Å². The average Bonchev–Trinajstić information content (AvgIpc) is 3.02. The number of anilines is 1. The first-order valence-corrected chi connectivity index (χ1v) is 9.83. The number of aromatic nitrogens is 1. The molecule has 0 aliphatic carbocycles. The summed E-state index contributed by atoms with van der Waals surface area (Å²) in [5, 5.41) is 0.384. The Bertz CT molecular complexity index is 1020. The van der Waals surface area contributed by atoms with Crippen molar-refractivity contribution in [3.05, 3.63) is 58.7 Å². The molecule has 0 saturated carbocycles. The van der Waals surface area contributed by atoms with Gasteiger partial charge in [-0.3, -0.25) is 9.69 Å². The minimum atomic E-state index is -0.716. The number of nitrogens with zero attached hydrogens (tertiary/aromatic N) is 3. The van der Waals surface area contributed by atoms with E-state index in [2.05, 4.69) is 4.98 Å². The minimum Gasteiger partial charge on any atom is -0.308 e. The summed E-state index contributed by atoms with van der Waals surface area (Å²) in [4.78, 5) is 20.9. The fraction of sp³-hybridized carbons (Fsp3) is 0.333. The lowest BCUT2D eigenvalue weighted by Gasteiger charge is -2.22. The third-order valence-corrected chi connectivity index (χ3v) is 5.66. The summed E-state index contributed by atoms with van der Waals surface area (Å²) >= 11 is 1.13. The lowest BCUT2D eigenvalue weighted by molar-refractivity contribution is -0.118. The van der Waals surface area contributed by atoms with Crippen LogP contribution in [-0.4, -0.2) is 43.0 Å². The van der Waals surface area contributed by atoms with Crippen LogP contribution in [0.2, 0.25) is 0 Å². The fourth-order valence-electron chi connectivity index (χ4n) is 2.87. The number of amides is 1. The second-order valence-corrected chi connectivity index (χ2v) is 8.18. The zero-order valence-corrected chi connectivity index (χ0v) is 18.5. The molecule has 156 valence electrons. The van der Waals surface area contributed by atoms with E-state index in [0.717, 1.165) is 28.5 Å². The predicted molar refractivity (Wildman–Crippen MR) is 117 cm³/mol. The van der Waals surface area contributed by atoms with Gasteiger partial charge in [0.1, 0.15) is 11.3 Å². The molecule has 1 aromatic heterocycles. The van der Waals surface area contributed by atoms with Crippen molar-refractivity contribution in [1.82, 2.24) is 9.88 Å². The highest BCUT2D eigenvalue weighted by Crippen LogP contribution is 2.31. The van der Waals surface area contributed by atoms with Crippen LogP contribution in [0.15, 0.2) is 30.3 Å². The van der Waals surface area contributed by atoms with Crippen molar-refractivity contribution in [1.29, 1.82) is 0 Å². The van der Waals surface area contributed by atoms with Crippen molar-refractivity contribution < 1.29 is 13.6 Å². The van der Waals surface area contributed by atoms with Gasteiger partial charge in [-0.05, 0) is 50.7 Å². The Labute approximate surface area is 179 Å². The third kappa shape index (κ3) is 5.50. The van der Waals surface area contributed by atoms with E-state index in [1.165, 1.54) is 11.6 Å². The van der Waals surface area contributed by atoms with Crippen molar-refractivity contribution in [2.24, 2.45) is 0 Å². The summed E-state index contributed by atoms with van der Waals surface area (Å²) in [5.74, 6) is -1.49. The van der Waals surface area contributed by atoms with Gasteiger partial charge in [-0.25, -0.2) is 13.8 Å². The Morgan fingerprint density at radius 2 is 1.79 bits per heavy atom. The summed E-state index contributed by atoms with van der Waals surface area (Å²) in [7, 11) is 3.83. The number of hydrogen-bond acceptors (Lipinski definition) is 4. The second kappa shape index (κ2) is 9.61. The zero-order chi connectivity index (χ0) is 20.4. The van der Waals surface area contributed by atoms with Crippen LogP contribution in [0.25, 0.3) is 10.2 Å². The summed E-state index contributed by atoms with van der Waals surface area (Å²) in [6.45, 7) is 5.09. The van der Waals surface area contributed by atoms with Crippen molar-refractivity contribution in [2.45, 2.75) is 20.3 Å². The van der Waals surface area contributed by atoms with E-state index in [-0.39, 0.29) is 30.3 Å². The number of likely N-dealkylation sites (N-methyl/N-ethyl adjacent to an activating group) is 1. The van der Waals surface area contributed by atoms with Crippen molar-refractivity contribution in [3.8, 4) is 0 Å². The quantitative estimate of drug-likeness (QED) is 0.556. The number of benzene rings is 2. The summed E-state index contributed by atoms with van der Waals surface area (Å²) in [6.07, 6.45) is 0.224. The van der Waals surface area contributed by atoms with Crippen LogP contribution in [0.3, 0.4) is 0 Å². The van der Waals surface area contributed by atoms with E-state index < -0.39 is 11.6 Å². The maximum atomic E-state index is 14.1. The number of carbonyl (C=O) groups excluding carboxylic acids is 1. The fourth-order valence-corrected chi connectivity index (χ4v) is 3.92. The SMILES string of the molecule is Cc1ccc(CC(=O)N(CCN(C)C)c2nc3c(F)cc(F)cc3s2)cc1C.Cl. The molecule has 0 radical (unpaired) electrons. The molecule has 1 heterocycles. The molecule has 0 saturated heterocycles.